The number of nitrogens with zero attached hydrogens (tertiary/aromatic N) is 2. The average Bonchev–Trinajstić information content (AvgIpc) is 2.72. The molecule has 1 aromatic heterocycles. The predicted molar refractivity (Wildman–Crippen MR) is 116 cm³/mol. The normalized spacial score (nSPS) is 11.8. The van der Waals surface area contributed by atoms with Crippen LogP contribution in [0.5, 0.6) is 5.75 Å². The summed E-state index contributed by atoms with van der Waals surface area (Å²) < 4.78 is 10.9. The molecule has 0 aliphatic carbocycles. The van der Waals surface area contributed by atoms with E-state index in [9.17, 15) is 4.79 Å². The van der Waals surface area contributed by atoms with Gasteiger partial charge in [0.05, 0.1) is 25.1 Å². The molecule has 158 valence electrons. The van der Waals surface area contributed by atoms with Gasteiger partial charge in [-0.2, -0.15) is 0 Å². The number of ether oxygens (including phenoxy) is 2. The van der Waals surface area contributed by atoms with Crippen LogP contribution in [0.15, 0.2) is 36.7 Å². The van der Waals surface area contributed by atoms with Crippen LogP contribution in [0.1, 0.15) is 71.3 Å². The van der Waals surface area contributed by atoms with E-state index in [-0.39, 0.29) is 12.1 Å². The lowest BCUT2D eigenvalue weighted by Gasteiger charge is -2.11. The molecule has 0 N–H and O–H groups in total. The maximum atomic E-state index is 11.0. The van der Waals surface area contributed by atoms with E-state index in [1.165, 1.54) is 44.6 Å². The lowest BCUT2D eigenvalue weighted by Crippen LogP contribution is -2.12. The highest BCUT2D eigenvalue weighted by Gasteiger charge is 2.07. The van der Waals surface area contributed by atoms with Crippen LogP contribution in [0, 0.1) is 0 Å². The molecule has 1 aromatic carbocycles. The molecule has 0 bridgehead atoms. The van der Waals surface area contributed by atoms with Gasteiger partial charge in [-0.15, -0.1) is 0 Å². The number of carbonyl (C=O) groups is 1. The van der Waals surface area contributed by atoms with Crippen molar-refractivity contribution in [1.29, 1.82) is 0 Å². The third kappa shape index (κ3) is 9.07. The Bertz CT molecular complexity index is 714. The van der Waals surface area contributed by atoms with Crippen LogP contribution in [0.2, 0.25) is 0 Å². The molecule has 1 unspecified atom stereocenters. The van der Waals surface area contributed by atoms with Crippen molar-refractivity contribution in [3.05, 3.63) is 42.2 Å². The van der Waals surface area contributed by atoms with Crippen molar-refractivity contribution in [1.82, 2.24) is 9.97 Å². The minimum absolute atomic E-state index is 0.0700. The molecule has 29 heavy (non-hydrogen) atoms. The zero-order chi connectivity index (χ0) is 20.9. The standard InChI is InChI=1S/C24H34N2O3/c1-4-5-6-7-8-9-16-28-23-17-25-24(26-18-23)22-14-12-21(13-15-22)11-10-19(2)29-20(3)27/h12-15,17-19H,4-11,16H2,1-3H3. The van der Waals surface area contributed by atoms with Crippen molar-refractivity contribution in [2.45, 2.75) is 78.2 Å². The maximum Gasteiger partial charge on any atom is 0.302 e. The summed E-state index contributed by atoms with van der Waals surface area (Å²) in [6.07, 6.45) is 12.6. The van der Waals surface area contributed by atoms with E-state index >= 15 is 0 Å². The number of esters is 1. The minimum atomic E-state index is -0.232. The summed E-state index contributed by atoms with van der Waals surface area (Å²) in [5.41, 5.74) is 2.18. The fourth-order valence-corrected chi connectivity index (χ4v) is 3.14. The number of rotatable bonds is 13. The van der Waals surface area contributed by atoms with E-state index < -0.39 is 0 Å². The minimum Gasteiger partial charge on any atom is -0.490 e. The molecule has 0 spiro atoms. The van der Waals surface area contributed by atoms with Gasteiger partial charge < -0.3 is 9.47 Å². The molecule has 1 atom stereocenters. The van der Waals surface area contributed by atoms with Crippen molar-refractivity contribution < 1.29 is 14.3 Å². The zero-order valence-electron chi connectivity index (χ0n) is 18.0. The van der Waals surface area contributed by atoms with Crippen LogP contribution < -0.4 is 4.74 Å². The molecule has 1 heterocycles. The van der Waals surface area contributed by atoms with Crippen molar-refractivity contribution in [2.24, 2.45) is 0 Å². The van der Waals surface area contributed by atoms with Gasteiger partial charge in [-0.1, -0.05) is 63.3 Å². The van der Waals surface area contributed by atoms with Gasteiger partial charge in [0.1, 0.15) is 0 Å². The molecular formula is C24H34N2O3. The van der Waals surface area contributed by atoms with Gasteiger partial charge in [-0.25, -0.2) is 9.97 Å². The molecule has 2 aromatic rings. The Kier molecular flexibility index (Phi) is 10.2. The Morgan fingerprint density at radius 2 is 1.66 bits per heavy atom. The Labute approximate surface area is 174 Å². The second-order valence-corrected chi connectivity index (χ2v) is 7.51. The molecule has 2 rings (SSSR count). The first kappa shape index (κ1) is 22.9. The summed E-state index contributed by atoms with van der Waals surface area (Å²) in [5, 5.41) is 0. The monoisotopic (exact) mass is 398 g/mol. The summed E-state index contributed by atoms with van der Waals surface area (Å²) in [7, 11) is 0. The summed E-state index contributed by atoms with van der Waals surface area (Å²) in [6, 6.07) is 8.19. The van der Waals surface area contributed by atoms with Crippen LogP contribution in [-0.4, -0.2) is 28.6 Å². The molecule has 0 fully saturated rings. The smallest absolute Gasteiger partial charge is 0.302 e. The van der Waals surface area contributed by atoms with E-state index in [1.54, 1.807) is 12.4 Å². The quantitative estimate of drug-likeness (QED) is 0.317. The van der Waals surface area contributed by atoms with E-state index in [4.69, 9.17) is 9.47 Å². The van der Waals surface area contributed by atoms with E-state index in [2.05, 4.69) is 29.0 Å². The van der Waals surface area contributed by atoms with E-state index in [0.29, 0.717) is 5.82 Å². The molecular weight excluding hydrogens is 364 g/mol. The Morgan fingerprint density at radius 3 is 2.31 bits per heavy atom. The Hall–Kier alpha value is -2.43. The van der Waals surface area contributed by atoms with Gasteiger partial charge in [0.15, 0.2) is 11.6 Å². The molecule has 0 amide bonds. The Balaban J connectivity index is 1.75. The largest absolute Gasteiger partial charge is 0.490 e. The van der Waals surface area contributed by atoms with E-state index in [1.807, 2.05) is 19.1 Å². The fourth-order valence-electron chi connectivity index (χ4n) is 3.14. The first-order valence-corrected chi connectivity index (χ1v) is 10.8. The Morgan fingerprint density at radius 1 is 1.00 bits per heavy atom. The second kappa shape index (κ2) is 12.9. The molecule has 5 heteroatoms. The van der Waals surface area contributed by atoms with Crippen molar-refractivity contribution >= 4 is 5.97 Å². The predicted octanol–water partition coefficient (Wildman–Crippen LogP) is 5.77. The van der Waals surface area contributed by atoms with Gasteiger partial charge in [-0.3, -0.25) is 4.79 Å². The highest BCUT2D eigenvalue weighted by Crippen LogP contribution is 2.19. The lowest BCUT2D eigenvalue weighted by atomic mass is 10.1. The lowest BCUT2D eigenvalue weighted by molar-refractivity contribution is -0.145. The molecule has 0 saturated carbocycles. The van der Waals surface area contributed by atoms with Gasteiger partial charge in [0, 0.05) is 12.5 Å². The topological polar surface area (TPSA) is 61.3 Å². The summed E-state index contributed by atoms with van der Waals surface area (Å²) in [6.45, 7) is 6.31. The number of carbonyl (C=O) groups excluding carboxylic acids is 1. The van der Waals surface area contributed by atoms with Crippen molar-refractivity contribution in [3.8, 4) is 17.1 Å². The average molecular weight is 399 g/mol. The van der Waals surface area contributed by atoms with Gasteiger partial charge in [0.2, 0.25) is 0 Å². The van der Waals surface area contributed by atoms with Crippen LogP contribution in [-0.2, 0) is 16.0 Å². The molecule has 0 aliphatic rings. The van der Waals surface area contributed by atoms with Crippen LogP contribution >= 0.6 is 0 Å². The first-order chi connectivity index (χ1) is 14.1. The fraction of sp³-hybridized carbons (Fsp3) is 0.542. The van der Waals surface area contributed by atoms with Crippen molar-refractivity contribution in [3.63, 3.8) is 0 Å². The number of hydrogen-bond donors (Lipinski definition) is 0. The summed E-state index contributed by atoms with van der Waals surface area (Å²) in [5.74, 6) is 1.18. The number of hydrogen-bond acceptors (Lipinski definition) is 5. The van der Waals surface area contributed by atoms with Gasteiger partial charge >= 0.3 is 5.97 Å². The van der Waals surface area contributed by atoms with Gasteiger partial charge in [-0.05, 0) is 31.7 Å². The molecule has 0 radical (unpaired) electrons. The zero-order valence-corrected chi connectivity index (χ0v) is 18.0. The van der Waals surface area contributed by atoms with Crippen molar-refractivity contribution in [2.75, 3.05) is 6.61 Å². The van der Waals surface area contributed by atoms with Crippen LogP contribution in [0.25, 0.3) is 11.4 Å². The highest BCUT2D eigenvalue weighted by atomic mass is 16.5. The third-order valence-electron chi connectivity index (χ3n) is 4.81. The highest BCUT2D eigenvalue weighted by molar-refractivity contribution is 5.66. The number of unbranched alkanes of at least 4 members (excludes halogenated alkanes) is 5. The van der Waals surface area contributed by atoms with Gasteiger partial charge in [0.25, 0.3) is 0 Å². The summed E-state index contributed by atoms with van der Waals surface area (Å²) in [4.78, 5) is 19.8. The van der Waals surface area contributed by atoms with Crippen LogP contribution in [0.3, 0.4) is 0 Å². The second-order valence-electron chi connectivity index (χ2n) is 7.51. The van der Waals surface area contributed by atoms with E-state index in [0.717, 1.165) is 37.2 Å². The molecule has 5 nitrogen and oxygen atoms in total. The SMILES string of the molecule is CCCCCCCCOc1cnc(-c2ccc(CCC(C)OC(C)=O)cc2)nc1. The number of benzene rings is 1. The first-order valence-electron chi connectivity index (χ1n) is 10.8. The third-order valence-corrected chi connectivity index (χ3v) is 4.81. The molecule has 0 saturated heterocycles. The number of aromatic nitrogens is 2. The maximum absolute atomic E-state index is 11.0. The number of aryl methyl sites for hydroxylation is 1. The molecule has 0 aliphatic heterocycles. The van der Waals surface area contributed by atoms with Crippen LogP contribution in [0.4, 0.5) is 0 Å². The summed E-state index contributed by atoms with van der Waals surface area (Å²) >= 11 is 0.